The van der Waals surface area contributed by atoms with E-state index in [-0.39, 0.29) is 23.0 Å². The van der Waals surface area contributed by atoms with E-state index >= 15 is 0 Å². The van der Waals surface area contributed by atoms with E-state index in [1.165, 1.54) is 12.1 Å². The lowest BCUT2D eigenvalue weighted by Crippen LogP contribution is -2.34. The maximum absolute atomic E-state index is 13.5. The Morgan fingerprint density at radius 3 is 2.74 bits per heavy atom. The van der Waals surface area contributed by atoms with Gasteiger partial charge < -0.3 is 14.5 Å². The summed E-state index contributed by atoms with van der Waals surface area (Å²) in [4.78, 5) is 28.9. The van der Waals surface area contributed by atoms with E-state index in [2.05, 4.69) is 0 Å². The summed E-state index contributed by atoms with van der Waals surface area (Å²) in [7, 11) is 1.57. The van der Waals surface area contributed by atoms with Crippen LogP contribution in [0.25, 0.3) is 0 Å². The Hall–Kier alpha value is -2.89. The summed E-state index contributed by atoms with van der Waals surface area (Å²) in [6.45, 7) is 1.65. The summed E-state index contributed by atoms with van der Waals surface area (Å²) >= 11 is 0. The fourth-order valence-corrected chi connectivity index (χ4v) is 4.10. The van der Waals surface area contributed by atoms with Crippen LogP contribution in [0.4, 0.5) is 10.1 Å². The minimum absolute atomic E-state index is 0.0173. The second-order valence-electron chi connectivity index (χ2n) is 7.35. The van der Waals surface area contributed by atoms with E-state index in [0.29, 0.717) is 43.1 Å². The lowest BCUT2D eigenvalue weighted by molar-refractivity contribution is -0.117. The zero-order valence-corrected chi connectivity index (χ0v) is 15.2. The van der Waals surface area contributed by atoms with E-state index in [1.807, 2.05) is 0 Å². The van der Waals surface area contributed by atoms with Gasteiger partial charge in [0.2, 0.25) is 5.91 Å². The predicted octanol–water partition coefficient (Wildman–Crippen LogP) is 3.10. The molecule has 2 aromatic carbocycles. The summed E-state index contributed by atoms with van der Waals surface area (Å²) in [6, 6.07) is 13.2. The number of nitrogens with zero attached hydrogens (tertiary/aromatic N) is 2. The second-order valence-corrected chi connectivity index (χ2v) is 7.35. The molecule has 0 saturated carbocycles. The van der Waals surface area contributed by atoms with Gasteiger partial charge in [0, 0.05) is 42.7 Å². The quantitative estimate of drug-likeness (QED) is 0.837. The van der Waals surface area contributed by atoms with Gasteiger partial charge in [-0.3, -0.25) is 9.59 Å². The number of rotatable bonds is 3. The number of amides is 2. The van der Waals surface area contributed by atoms with E-state index in [4.69, 9.17) is 4.74 Å². The van der Waals surface area contributed by atoms with Gasteiger partial charge in [-0.25, -0.2) is 4.39 Å². The molecule has 0 aliphatic carbocycles. The van der Waals surface area contributed by atoms with Gasteiger partial charge in [-0.2, -0.15) is 0 Å². The lowest BCUT2D eigenvalue weighted by Gasteiger charge is -2.24. The van der Waals surface area contributed by atoms with Crippen LogP contribution in [0.5, 0.6) is 5.75 Å². The molecular formula is C21H21FN2O3. The van der Waals surface area contributed by atoms with Crippen LogP contribution in [0, 0.1) is 11.2 Å². The van der Waals surface area contributed by atoms with Crippen LogP contribution in [0.2, 0.25) is 0 Å². The zero-order chi connectivity index (χ0) is 19.0. The maximum atomic E-state index is 13.5. The van der Waals surface area contributed by atoms with Gasteiger partial charge in [0.25, 0.3) is 5.91 Å². The number of anilines is 1. The number of halogens is 1. The van der Waals surface area contributed by atoms with Crippen molar-refractivity contribution in [3.05, 3.63) is 59.9 Å². The van der Waals surface area contributed by atoms with Crippen molar-refractivity contribution < 1.29 is 18.7 Å². The first-order valence-corrected chi connectivity index (χ1v) is 8.99. The molecule has 140 valence electrons. The minimum Gasteiger partial charge on any atom is -0.497 e. The van der Waals surface area contributed by atoms with Crippen molar-refractivity contribution in [2.75, 3.05) is 31.6 Å². The Morgan fingerprint density at radius 2 is 1.96 bits per heavy atom. The van der Waals surface area contributed by atoms with Crippen molar-refractivity contribution in [1.29, 1.82) is 0 Å². The van der Waals surface area contributed by atoms with Crippen molar-refractivity contribution in [2.24, 2.45) is 5.41 Å². The van der Waals surface area contributed by atoms with Crippen molar-refractivity contribution in [3.8, 4) is 5.75 Å². The van der Waals surface area contributed by atoms with E-state index in [1.54, 1.807) is 53.3 Å². The maximum Gasteiger partial charge on any atom is 0.254 e. The first-order chi connectivity index (χ1) is 13.0. The Morgan fingerprint density at radius 1 is 1.15 bits per heavy atom. The number of ether oxygens (including phenoxy) is 1. The Kier molecular flexibility index (Phi) is 4.34. The normalized spacial score (nSPS) is 21.9. The molecule has 0 N–H and O–H groups in total. The molecule has 1 atom stereocenters. The van der Waals surface area contributed by atoms with Crippen molar-refractivity contribution in [3.63, 3.8) is 0 Å². The lowest BCUT2D eigenvalue weighted by atomic mass is 9.86. The van der Waals surface area contributed by atoms with Gasteiger partial charge in [-0.05, 0) is 42.8 Å². The van der Waals surface area contributed by atoms with Crippen LogP contribution in [-0.4, -0.2) is 43.5 Å². The fraction of sp³-hybridized carbons (Fsp3) is 0.333. The first kappa shape index (κ1) is 17.5. The van der Waals surface area contributed by atoms with Crippen molar-refractivity contribution in [1.82, 2.24) is 4.90 Å². The monoisotopic (exact) mass is 368 g/mol. The summed E-state index contributed by atoms with van der Waals surface area (Å²) in [5.41, 5.74) is 0.893. The summed E-state index contributed by atoms with van der Waals surface area (Å²) in [6.07, 6.45) is 1.14. The summed E-state index contributed by atoms with van der Waals surface area (Å²) in [5.74, 6) is 0.212. The Bertz CT molecular complexity index is 901. The molecule has 2 aliphatic rings. The number of carbonyl (C=O) groups is 2. The number of hydrogen-bond donors (Lipinski definition) is 0. The topological polar surface area (TPSA) is 49.9 Å². The molecule has 2 saturated heterocycles. The van der Waals surface area contributed by atoms with Crippen molar-refractivity contribution >= 4 is 17.5 Å². The molecule has 0 radical (unpaired) electrons. The highest BCUT2D eigenvalue weighted by Gasteiger charge is 2.48. The van der Waals surface area contributed by atoms with Crippen LogP contribution in [0.3, 0.4) is 0 Å². The molecule has 2 aliphatic heterocycles. The third-order valence-corrected chi connectivity index (χ3v) is 5.48. The predicted molar refractivity (Wildman–Crippen MR) is 99.3 cm³/mol. The largest absolute Gasteiger partial charge is 0.497 e. The highest BCUT2D eigenvalue weighted by atomic mass is 19.1. The SMILES string of the molecule is COc1cccc(C(=O)N2CC[C@]3(CC(=O)N(c4cccc(F)c4)C3)C2)c1. The molecule has 0 unspecified atom stereocenters. The van der Waals surface area contributed by atoms with Crippen LogP contribution in [0.1, 0.15) is 23.2 Å². The van der Waals surface area contributed by atoms with Gasteiger partial charge in [0.1, 0.15) is 11.6 Å². The zero-order valence-electron chi connectivity index (χ0n) is 15.2. The van der Waals surface area contributed by atoms with Crippen LogP contribution in [0.15, 0.2) is 48.5 Å². The molecule has 0 aromatic heterocycles. The van der Waals surface area contributed by atoms with Gasteiger partial charge in [-0.15, -0.1) is 0 Å². The standard InChI is InChI=1S/C21H21FN2O3/c1-27-18-7-2-4-15(10-18)20(26)23-9-8-21(13-23)12-19(25)24(14-21)17-6-3-5-16(22)11-17/h2-7,10-11H,8-9,12-14H2,1H3/t21-/m0/s1. The molecule has 2 amide bonds. The van der Waals surface area contributed by atoms with E-state index < -0.39 is 0 Å². The first-order valence-electron chi connectivity index (χ1n) is 8.99. The number of methoxy groups -OCH3 is 1. The Labute approximate surface area is 157 Å². The molecule has 27 heavy (non-hydrogen) atoms. The van der Waals surface area contributed by atoms with E-state index in [9.17, 15) is 14.0 Å². The highest BCUT2D eigenvalue weighted by molar-refractivity contribution is 5.97. The van der Waals surface area contributed by atoms with Crippen LogP contribution < -0.4 is 9.64 Å². The fourth-order valence-electron chi connectivity index (χ4n) is 4.10. The average Bonchev–Trinajstić information content (AvgIpc) is 3.24. The molecule has 2 fully saturated rings. The number of benzene rings is 2. The molecular weight excluding hydrogens is 347 g/mol. The summed E-state index contributed by atoms with van der Waals surface area (Å²) in [5, 5.41) is 0. The molecule has 1 spiro atoms. The molecule has 4 rings (SSSR count). The smallest absolute Gasteiger partial charge is 0.254 e. The van der Waals surface area contributed by atoms with Crippen LogP contribution >= 0.6 is 0 Å². The minimum atomic E-state index is -0.359. The van der Waals surface area contributed by atoms with E-state index in [0.717, 1.165) is 6.42 Å². The van der Waals surface area contributed by atoms with Gasteiger partial charge in [0.05, 0.1) is 7.11 Å². The van der Waals surface area contributed by atoms with Gasteiger partial charge >= 0.3 is 0 Å². The van der Waals surface area contributed by atoms with Gasteiger partial charge in [0.15, 0.2) is 0 Å². The average molecular weight is 368 g/mol. The molecule has 5 nitrogen and oxygen atoms in total. The number of hydrogen-bond acceptors (Lipinski definition) is 3. The highest BCUT2D eigenvalue weighted by Crippen LogP contribution is 2.42. The Balaban J connectivity index is 1.50. The molecule has 0 bridgehead atoms. The molecule has 2 aromatic rings. The molecule has 2 heterocycles. The third kappa shape index (κ3) is 3.27. The van der Waals surface area contributed by atoms with Crippen LogP contribution in [-0.2, 0) is 4.79 Å². The van der Waals surface area contributed by atoms with Gasteiger partial charge in [-0.1, -0.05) is 12.1 Å². The molecule has 6 heteroatoms. The van der Waals surface area contributed by atoms with Crippen molar-refractivity contribution in [2.45, 2.75) is 12.8 Å². The number of likely N-dealkylation sites (tertiary alicyclic amines) is 1. The number of carbonyl (C=O) groups excluding carboxylic acids is 2. The third-order valence-electron chi connectivity index (χ3n) is 5.48. The summed E-state index contributed by atoms with van der Waals surface area (Å²) < 4.78 is 18.7. The second kappa shape index (κ2) is 6.68.